The zero-order valence-electron chi connectivity index (χ0n) is 10.1. The molecule has 0 saturated heterocycles. The summed E-state index contributed by atoms with van der Waals surface area (Å²) in [4.78, 5) is 11.6. The molecule has 0 fully saturated rings. The van der Waals surface area contributed by atoms with E-state index in [1.54, 1.807) is 6.08 Å². The zero-order chi connectivity index (χ0) is 12.5. The van der Waals surface area contributed by atoms with Gasteiger partial charge in [0.25, 0.3) is 0 Å². The number of carboxylic acids is 1. The molecule has 0 radical (unpaired) electrons. The number of unbranched alkanes of at least 4 members (excludes halogenated alkanes) is 2. The lowest BCUT2D eigenvalue weighted by molar-refractivity contribution is -0.131. The number of thioether (sulfide) groups is 1. The van der Waals surface area contributed by atoms with Crippen LogP contribution in [0.3, 0.4) is 0 Å². The van der Waals surface area contributed by atoms with Crippen LogP contribution in [0.5, 0.6) is 0 Å². The Labute approximate surface area is 107 Å². The summed E-state index contributed by atoms with van der Waals surface area (Å²) >= 11 is 1.85. The molecule has 17 heavy (non-hydrogen) atoms. The van der Waals surface area contributed by atoms with Gasteiger partial charge in [0, 0.05) is 11.0 Å². The van der Waals surface area contributed by atoms with Gasteiger partial charge in [-0.25, -0.2) is 4.79 Å². The van der Waals surface area contributed by atoms with Crippen LogP contribution in [0.15, 0.2) is 35.2 Å². The first-order valence-electron chi connectivity index (χ1n) is 5.86. The molecule has 1 aromatic carbocycles. The molecule has 0 spiro atoms. The van der Waals surface area contributed by atoms with Crippen LogP contribution in [0.4, 0.5) is 0 Å². The Hall–Kier alpha value is -1.22. The Morgan fingerprint density at radius 2 is 2.00 bits per heavy atom. The van der Waals surface area contributed by atoms with Crippen molar-refractivity contribution in [2.45, 2.75) is 31.1 Å². The third-order valence-corrected chi connectivity index (χ3v) is 3.41. The molecular weight excluding hydrogens is 232 g/mol. The van der Waals surface area contributed by atoms with Crippen molar-refractivity contribution in [1.29, 1.82) is 0 Å². The molecule has 1 N–H and O–H groups in total. The first-order valence-corrected chi connectivity index (χ1v) is 6.85. The van der Waals surface area contributed by atoms with Gasteiger partial charge in [-0.15, -0.1) is 11.8 Å². The highest BCUT2D eigenvalue weighted by Gasteiger charge is 1.94. The summed E-state index contributed by atoms with van der Waals surface area (Å²) in [6, 6.07) is 7.97. The highest BCUT2D eigenvalue weighted by molar-refractivity contribution is 7.99. The molecule has 0 saturated carbocycles. The summed E-state index contributed by atoms with van der Waals surface area (Å²) in [6.45, 7) is 2.20. The van der Waals surface area contributed by atoms with E-state index in [0.29, 0.717) is 0 Å². The topological polar surface area (TPSA) is 37.3 Å². The van der Waals surface area contributed by atoms with Gasteiger partial charge in [-0.2, -0.15) is 0 Å². The van der Waals surface area contributed by atoms with Gasteiger partial charge in [-0.05, 0) is 35.9 Å². The molecule has 0 amide bonds. The van der Waals surface area contributed by atoms with Crippen molar-refractivity contribution in [1.82, 2.24) is 0 Å². The van der Waals surface area contributed by atoms with Crippen LogP contribution in [0.25, 0.3) is 6.08 Å². The number of hydrogen-bond donors (Lipinski definition) is 1. The molecular formula is C14H18O2S. The minimum absolute atomic E-state index is 0.914. The van der Waals surface area contributed by atoms with Crippen LogP contribution in [-0.4, -0.2) is 16.8 Å². The van der Waals surface area contributed by atoms with Crippen LogP contribution < -0.4 is 0 Å². The minimum Gasteiger partial charge on any atom is -0.478 e. The summed E-state index contributed by atoms with van der Waals surface area (Å²) in [5, 5.41) is 8.51. The van der Waals surface area contributed by atoms with E-state index in [2.05, 4.69) is 6.92 Å². The third kappa shape index (κ3) is 6.17. The van der Waals surface area contributed by atoms with Crippen LogP contribution >= 0.6 is 11.8 Å². The maximum atomic E-state index is 10.4. The van der Waals surface area contributed by atoms with Gasteiger partial charge in [0.2, 0.25) is 0 Å². The average Bonchev–Trinajstić information content (AvgIpc) is 2.33. The second kappa shape index (κ2) is 7.96. The Morgan fingerprint density at radius 1 is 1.29 bits per heavy atom. The fourth-order valence-corrected chi connectivity index (χ4v) is 2.30. The zero-order valence-corrected chi connectivity index (χ0v) is 10.9. The molecule has 0 aromatic heterocycles. The normalized spacial score (nSPS) is 10.9. The molecule has 1 aromatic rings. The number of carboxylic acid groups (broad SMARTS) is 1. The van der Waals surface area contributed by atoms with Crippen molar-refractivity contribution in [3.63, 3.8) is 0 Å². The summed E-state index contributed by atoms with van der Waals surface area (Å²) in [5.41, 5.74) is 0.922. The number of carbonyl (C=O) groups is 1. The third-order valence-electron chi connectivity index (χ3n) is 2.32. The predicted octanol–water partition coefficient (Wildman–Crippen LogP) is 4.07. The molecule has 92 valence electrons. The van der Waals surface area contributed by atoms with E-state index in [-0.39, 0.29) is 0 Å². The molecule has 0 heterocycles. The Bertz CT molecular complexity index is 368. The number of hydrogen-bond acceptors (Lipinski definition) is 2. The maximum absolute atomic E-state index is 10.4. The van der Waals surface area contributed by atoms with E-state index in [1.165, 1.54) is 24.2 Å². The lowest BCUT2D eigenvalue weighted by Crippen LogP contribution is -1.85. The monoisotopic (exact) mass is 250 g/mol. The Morgan fingerprint density at radius 3 is 2.59 bits per heavy atom. The van der Waals surface area contributed by atoms with Crippen molar-refractivity contribution < 1.29 is 9.90 Å². The molecule has 0 aliphatic carbocycles. The lowest BCUT2D eigenvalue weighted by atomic mass is 10.2. The van der Waals surface area contributed by atoms with Crippen molar-refractivity contribution in [2.75, 3.05) is 5.75 Å². The van der Waals surface area contributed by atoms with E-state index < -0.39 is 5.97 Å². The fourth-order valence-electron chi connectivity index (χ4n) is 1.38. The van der Waals surface area contributed by atoms with Gasteiger partial charge in [-0.3, -0.25) is 0 Å². The van der Waals surface area contributed by atoms with Crippen LogP contribution in [0.1, 0.15) is 31.7 Å². The molecule has 0 aliphatic rings. The largest absolute Gasteiger partial charge is 0.478 e. The second-order valence-electron chi connectivity index (χ2n) is 3.80. The van der Waals surface area contributed by atoms with Crippen molar-refractivity contribution >= 4 is 23.8 Å². The molecule has 0 atom stereocenters. The van der Waals surface area contributed by atoms with Gasteiger partial charge in [0.1, 0.15) is 0 Å². The van der Waals surface area contributed by atoms with E-state index in [1.807, 2.05) is 36.0 Å². The fraction of sp³-hybridized carbons (Fsp3) is 0.357. The number of rotatable bonds is 7. The summed E-state index contributed by atoms with van der Waals surface area (Å²) in [6.07, 6.45) is 6.55. The molecule has 3 heteroatoms. The van der Waals surface area contributed by atoms with E-state index in [9.17, 15) is 4.79 Å². The van der Waals surface area contributed by atoms with Crippen molar-refractivity contribution in [3.8, 4) is 0 Å². The second-order valence-corrected chi connectivity index (χ2v) is 4.96. The van der Waals surface area contributed by atoms with Crippen LogP contribution in [-0.2, 0) is 4.79 Å². The standard InChI is InChI=1S/C14H18O2S/c1-2-3-4-11-17-13-8-5-12(6-9-13)7-10-14(15)16/h5-10H,2-4,11H2,1H3,(H,15,16). The number of aliphatic carboxylic acids is 1. The maximum Gasteiger partial charge on any atom is 0.328 e. The van der Waals surface area contributed by atoms with Crippen molar-refractivity contribution in [3.05, 3.63) is 35.9 Å². The van der Waals surface area contributed by atoms with E-state index >= 15 is 0 Å². The van der Waals surface area contributed by atoms with Crippen LogP contribution in [0.2, 0.25) is 0 Å². The Kier molecular flexibility index (Phi) is 6.48. The summed E-state index contributed by atoms with van der Waals surface area (Å²) in [5.74, 6) is 0.237. The van der Waals surface area contributed by atoms with E-state index in [4.69, 9.17) is 5.11 Å². The smallest absolute Gasteiger partial charge is 0.328 e. The van der Waals surface area contributed by atoms with Crippen molar-refractivity contribution in [2.24, 2.45) is 0 Å². The minimum atomic E-state index is -0.914. The van der Waals surface area contributed by atoms with Gasteiger partial charge in [-0.1, -0.05) is 31.9 Å². The molecule has 0 bridgehead atoms. The highest BCUT2D eigenvalue weighted by Crippen LogP contribution is 2.20. The van der Waals surface area contributed by atoms with Crippen LogP contribution in [0, 0.1) is 0 Å². The predicted molar refractivity (Wildman–Crippen MR) is 73.4 cm³/mol. The summed E-state index contributed by atoms with van der Waals surface area (Å²) < 4.78 is 0. The molecule has 1 rings (SSSR count). The average molecular weight is 250 g/mol. The molecule has 2 nitrogen and oxygen atoms in total. The van der Waals surface area contributed by atoms with Gasteiger partial charge < -0.3 is 5.11 Å². The van der Waals surface area contributed by atoms with Gasteiger partial charge in [0.05, 0.1) is 0 Å². The SMILES string of the molecule is CCCCCSc1ccc(C=CC(=O)O)cc1. The first-order chi connectivity index (χ1) is 8.22. The first kappa shape index (κ1) is 13.8. The molecule has 0 unspecified atom stereocenters. The van der Waals surface area contributed by atoms with Gasteiger partial charge in [0.15, 0.2) is 0 Å². The lowest BCUT2D eigenvalue weighted by Gasteiger charge is -2.01. The Balaban J connectivity index is 2.42. The molecule has 0 aliphatic heterocycles. The number of benzene rings is 1. The quantitative estimate of drug-likeness (QED) is 0.450. The van der Waals surface area contributed by atoms with Gasteiger partial charge >= 0.3 is 5.97 Å². The van der Waals surface area contributed by atoms with E-state index in [0.717, 1.165) is 17.4 Å². The highest BCUT2D eigenvalue weighted by atomic mass is 32.2. The summed E-state index contributed by atoms with van der Waals surface area (Å²) in [7, 11) is 0.